The molecule has 1 unspecified atom stereocenters. The highest BCUT2D eigenvalue weighted by Gasteiger charge is 2.68. The highest BCUT2D eigenvalue weighted by Crippen LogP contribution is 2.68. The molecule has 1 rings (SSSR count). The normalized spacial score (nSPS) is 23.8. The van der Waals surface area contributed by atoms with Crippen LogP contribution in [-0.2, 0) is 4.79 Å². The number of amides is 1. The van der Waals surface area contributed by atoms with Crippen LogP contribution in [0.1, 0.15) is 41.5 Å². The smallest absolute Gasteiger partial charge is 0.224 e. The quantitative estimate of drug-likeness (QED) is 0.308. The number of nitrogens with zero attached hydrogens (tertiary/aromatic N) is 1. The van der Waals surface area contributed by atoms with Gasteiger partial charge in [0.25, 0.3) is 0 Å². The van der Waals surface area contributed by atoms with Crippen molar-refractivity contribution in [2.24, 2.45) is 33.6 Å². The maximum absolute atomic E-state index is 12.3. The maximum atomic E-state index is 12.3. The molecule has 104 valence electrons. The first-order valence-electron chi connectivity index (χ1n) is 6.35. The van der Waals surface area contributed by atoms with E-state index < -0.39 is 6.04 Å². The van der Waals surface area contributed by atoms with E-state index in [4.69, 9.17) is 10.9 Å². The third-order valence-corrected chi connectivity index (χ3v) is 4.68. The van der Waals surface area contributed by atoms with Gasteiger partial charge in [-0.1, -0.05) is 46.7 Å². The zero-order chi connectivity index (χ0) is 14.3. The molecule has 0 aromatic heterocycles. The van der Waals surface area contributed by atoms with Crippen LogP contribution in [0.5, 0.6) is 0 Å². The van der Waals surface area contributed by atoms with Gasteiger partial charge in [-0.25, -0.2) is 0 Å². The summed E-state index contributed by atoms with van der Waals surface area (Å²) in [6.45, 7) is 12.2. The Balaban J connectivity index is 2.77. The van der Waals surface area contributed by atoms with Crippen molar-refractivity contribution >= 4 is 11.7 Å². The highest BCUT2D eigenvalue weighted by molar-refractivity contribution is 5.92. The molecule has 0 aromatic carbocycles. The Kier molecular flexibility index (Phi) is 3.65. The minimum atomic E-state index is -0.422. The Morgan fingerprint density at radius 3 is 2.00 bits per heavy atom. The molecule has 0 bridgehead atoms. The number of nitrogens with one attached hydrogen (secondary N) is 1. The molecule has 1 atom stereocenters. The third-order valence-electron chi connectivity index (χ3n) is 4.68. The Morgan fingerprint density at radius 2 is 1.72 bits per heavy atom. The Hall–Kier alpha value is -1.26. The number of rotatable bonds is 4. The molecule has 0 heterocycles. The minimum Gasteiger partial charge on any atom is -0.409 e. The SMILES string of the molecule is CC(C)C(NC(=O)C1C(C)(C)C1(C)C)C(N)=NO. The second-order valence-corrected chi connectivity index (χ2v) is 6.63. The van der Waals surface area contributed by atoms with E-state index in [0.29, 0.717) is 0 Å². The van der Waals surface area contributed by atoms with Gasteiger partial charge < -0.3 is 16.3 Å². The fourth-order valence-electron chi connectivity index (χ4n) is 2.73. The number of carbonyl (C=O) groups is 1. The van der Waals surface area contributed by atoms with E-state index in [1.165, 1.54) is 0 Å². The summed E-state index contributed by atoms with van der Waals surface area (Å²) >= 11 is 0. The minimum absolute atomic E-state index is 0.0102. The van der Waals surface area contributed by atoms with Crippen molar-refractivity contribution in [2.75, 3.05) is 0 Å². The van der Waals surface area contributed by atoms with Crippen molar-refractivity contribution in [3.8, 4) is 0 Å². The van der Waals surface area contributed by atoms with Gasteiger partial charge in [0, 0.05) is 5.92 Å². The molecule has 0 radical (unpaired) electrons. The van der Waals surface area contributed by atoms with Crippen LogP contribution >= 0.6 is 0 Å². The first-order valence-corrected chi connectivity index (χ1v) is 6.35. The molecule has 5 nitrogen and oxygen atoms in total. The van der Waals surface area contributed by atoms with Gasteiger partial charge in [0.05, 0.1) is 6.04 Å². The summed E-state index contributed by atoms with van der Waals surface area (Å²) in [6.07, 6.45) is 0. The number of hydrogen-bond acceptors (Lipinski definition) is 3. The lowest BCUT2D eigenvalue weighted by Gasteiger charge is -2.21. The van der Waals surface area contributed by atoms with Gasteiger partial charge in [-0.3, -0.25) is 4.79 Å². The van der Waals surface area contributed by atoms with Gasteiger partial charge in [0.1, 0.15) is 0 Å². The van der Waals surface area contributed by atoms with Gasteiger partial charge in [-0.2, -0.15) is 0 Å². The summed E-state index contributed by atoms with van der Waals surface area (Å²) in [5, 5.41) is 14.6. The predicted molar refractivity (Wildman–Crippen MR) is 71.2 cm³/mol. The molecule has 0 spiro atoms. The lowest BCUT2D eigenvalue weighted by Crippen LogP contribution is -2.48. The van der Waals surface area contributed by atoms with Crippen LogP contribution < -0.4 is 11.1 Å². The summed E-state index contributed by atoms with van der Waals surface area (Å²) in [5.74, 6) is 0.0810. The second kappa shape index (κ2) is 4.44. The van der Waals surface area contributed by atoms with Crippen LogP contribution in [0.2, 0.25) is 0 Å². The average molecular weight is 255 g/mol. The fourth-order valence-corrected chi connectivity index (χ4v) is 2.73. The largest absolute Gasteiger partial charge is 0.409 e. The Labute approximate surface area is 109 Å². The molecule has 5 heteroatoms. The van der Waals surface area contributed by atoms with E-state index in [0.717, 1.165) is 0 Å². The molecule has 1 amide bonds. The van der Waals surface area contributed by atoms with Gasteiger partial charge in [0.2, 0.25) is 5.91 Å². The molecule has 18 heavy (non-hydrogen) atoms. The molecule has 4 N–H and O–H groups in total. The molecule has 1 aliphatic carbocycles. The molecular weight excluding hydrogens is 230 g/mol. The molecular formula is C13H25N3O2. The van der Waals surface area contributed by atoms with Gasteiger partial charge >= 0.3 is 0 Å². The first-order chi connectivity index (χ1) is 8.07. The van der Waals surface area contributed by atoms with Crippen LogP contribution in [0.4, 0.5) is 0 Å². The van der Waals surface area contributed by atoms with E-state index in [1.54, 1.807) is 0 Å². The zero-order valence-electron chi connectivity index (χ0n) is 12.1. The van der Waals surface area contributed by atoms with E-state index in [-0.39, 0.29) is 34.4 Å². The Bertz CT molecular complexity index is 358. The number of amidine groups is 1. The number of nitrogens with two attached hydrogens (primary N) is 1. The van der Waals surface area contributed by atoms with Gasteiger partial charge in [-0.05, 0) is 16.7 Å². The number of oxime groups is 1. The van der Waals surface area contributed by atoms with Crippen LogP contribution in [-0.4, -0.2) is 23.0 Å². The van der Waals surface area contributed by atoms with Crippen molar-refractivity contribution in [2.45, 2.75) is 47.6 Å². The topological polar surface area (TPSA) is 87.7 Å². The molecule has 1 fully saturated rings. The molecule has 1 saturated carbocycles. The first kappa shape index (κ1) is 14.8. The van der Waals surface area contributed by atoms with Crippen LogP contribution in [0.15, 0.2) is 5.16 Å². The molecule has 0 aromatic rings. The Morgan fingerprint density at radius 1 is 1.28 bits per heavy atom. The van der Waals surface area contributed by atoms with Gasteiger partial charge in [-0.15, -0.1) is 0 Å². The second-order valence-electron chi connectivity index (χ2n) is 6.63. The lowest BCUT2D eigenvalue weighted by molar-refractivity contribution is -0.124. The van der Waals surface area contributed by atoms with Gasteiger partial charge in [0.15, 0.2) is 5.84 Å². The average Bonchev–Trinajstić information content (AvgIpc) is 2.64. The summed E-state index contributed by atoms with van der Waals surface area (Å²) in [5.41, 5.74) is 5.59. The standard InChI is InChI=1S/C13H25N3O2/c1-7(2)8(10(14)16-18)15-11(17)9-12(3,4)13(9,5)6/h7-9,18H,1-6H3,(H2,14,16)(H,15,17). The third kappa shape index (κ3) is 2.18. The van der Waals surface area contributed by atoms with E-state index in [2.05, 4.69) is 38.2 Å². The van der Waals surface area contributed by atoms with E-state index in [9.17, 15) is 4.79 Å². The van der Waals surface area contributed by atoms with E-state index in [1.807, 2.05) is 13.8 Å². The van der Waals surface area contributed by atoms with Crippen molar-refractivity contribution in [3.05, 3.63) is 0 Å². The number of carbonyl (C=O) groups excluding carboxylic acids is 1. The van der Waals surface area contributed by atoms with Crippen LogP contribution in [0.3, 0.4) is 0 Å². The van der Waals surface area contributed by atoms with Crippen molar-refractivity contribution in [1.29, 1.82) is 0 Å². The van der Waals surface area contributed by atoms with Crippen LogP contribution in [0, 0.1) is 22.7 Å². The fraction of sp³-hybridized carbons (Fsp3) is 0.846. The van der Waals surface area contributed by atoms with Crippen molar-refractivity contribution in [3.63, 3.8) is 0 Å². The monoisotopic (exact) mass is 255 g/mol. The highest BCUT2D eigenvalue weighted by atomic mass is 16.4. The van der Waals surface area contributed by atoms with Crippen LogP contribution in [0.25, 0.3) is 0 Å². The number of hydrogen-bond donors (Lipinski definition) is 3. The lowest BCUT2D eigenvalue weighted by atomic mass is 10.0. The maximum Gasteiger partial charge on any atom is 0.224 e. The summed E-state index contributed by atoms with van der Waals surface area (Å²) in [7, 11) is 0. The molecule has 0 saturated heterocycles. The summed E-state index contributed by atoms with van der Waals surface area (Å²) in [4.78, 5) is 12.3. The summed E-state index contributed by atoms with van der Waals surface area (Å²) < 4.78 is 0. The van der Waals surface area contributed by atoms with Crippen molar-refractivity contribution in [1.82, 2.24) is 5.32 Å². The molecule has 0 aliphatic heterocycles. The summed E-state index contributed by atoms with van der Waals surface area (Å²) in [6, 6.07) is -0.422. The van der Waals surface area contributed by atoms with Crippen molar-refractivity contribution < 1.29 is 10.0 Å². The zero-order valence-corrected chi connectivity index (χ0v) is 12.1. The predicted octanol–water partition coefficient (Wildman–Crippen LogP) is 1.56. The molecule has 1 aliphatic rings. The van der Waals surface area contributed by atoms with E-state index >= 15 is 0 Å².